The Hall–Kier alpha value is -1.72. The van der Waals surface area contributed by atoms with Crippen LogP contribution in [-0.4, -0.2) is 18.6 Å². The van der Waals surface area contributed by atoms with E-state index in [1.165, 1.54) is 25.0 Å². The van der Waals surface area contributed by atoms with Gasteiger partial charge in [0.15, 0.2) is 6.61 Å². The molecule has 0 aliphatic heterocycles. The van der Waals surface area contributed by atoms with E-state index in [0.717, 1.165) is 30.9 Å². The highest BCUT2D eigenvalue weighted by atomic mass is 19.4. The normalized spacial score (nSPS) is 27.0. The standard InChI is InChI=1S/C16H18F3NO2/c17-16(18,19)12-2-1-3-13(8-12)22-9-15(21)20-14-7-10-4-5-11(14)6-10/h1-3,8,10-11,14H,4-7,9H2,(H,20,21)/t10-,11-,14-/m0/s1. The van der Waals surface area contributed by atoms with Crippen molar-refractivity contribution in [1.29, 1.82) is 0 Å². The second-order valence-corrected chi connectivity index (χ2v) is 6.16. The lowest BCUT2D eigenvalue weighted by Gasteiger charge is -2.22. The number of hydrogen-bond acceptors (Lipinski definition) is 2. The van der Waals surface area contributed by atoms with Crippen LogP contribution >= 0.6 is 0 Å². The van der Waals surface area contributed by atoms with Crippen LogP contribution in [0.25, 0.3) is 0 Å². The van der Waals surface area contributed by atoms with Crippen molar-refractivity contribution in [3.63, 3.8) is 0 Å². The second-order valence-electron chi connectivity index (χ2n) is 6.16. The maximum Gasteiger partial charge on any atom is 0.416 e. The number of carbonyl (C=O) groups is 1. The fourth-order valence-corrected chi connectivity index (χ4v) is 3.58. The Kier molecular flexibility index (Phi) is 4.02. The van der Waals surface area contributed by atoms with Crippen molar-refractivity contribution in [1.82, 2.24) is 5.32 Å². The van der Waals surface area contributed by atoms with E-state index in [4.69, 9.17) is 4.74 Å². The van der Waals surface area contributed by atoms with Crippen LogP contribution in [0.3, 0.4) is 0 Å². The van der Waals surface area contributed by atoms with Gasteiger partial charge in [0, 0.05) is 6.04 Å². The highest BCUT2D eigenvalue weighted by Gasteiger charge is 2.40. The molecule has 1 aromatic rings. The number of benzene rings is 1. The van der Waals surface area contributed by atoms with Gasteiger partial charge in [0.1, 0.15) is 5.75 Å². The summed E-state index contributed by atoms with van der Waals surface area (Å²) < 4.78 is 42.9. The molecule has 3 rings (SSSR count). The Morgan fingerprint density at radius 1 is 1.27 bits per heavy atom. The third kappa shape index (κ3) is 3.36. The Morgan fingerprint density at radius 2 is 2.09 bits per heavy atom. The Labute approximate surface area is 126 Å². The number of ether oxygens (including phenoxy) is 1. The quantitative estimate of drug-likeness (QED) is 0.925. The molecule has 1 amide bonds. The van der Waals surface area contributed by atoms with E-state index >= 15 is 0 Å². The summed E-state index contributed by atoms with van der Waals surface area (Å²) in [4.78, 5) is 11.9. The molecule has 3 atom stereocenters. The van der Waals surface area contributed by atoms with E-state index in [1.54, 1.807) is 0 Å². The molecule has 0 radical (unpaired) electrons. The summed E-state index contributed by atoms with van der Waals surface area (Å²) in [6.07, 6.45) is 0.186. The first-order chi connectivity index (χ1) is 10.4. The minimum absolute atomic E-state index is 0.0536. The highest BCUT2D eigenvalue weighted by molar-refractivity contribution is 5.78. The van der Waals surface area contributed by atoms with Gasteiger partial charge in [0.25, 0.3) is 5.91 Å². The first-order valence-corrected chi connectivity index (χ1v) is 7.51. The Balaban J connectivity index is 1.51. The van der Waals surface area contributed by atoms with Crippen molar-refractivity contribution >= 4 is 5.91 Å². The van der Waals surface area contributed by atoms with E-state index in [1.807, 2.05) is 0 Å². The molecule has 0 unspecified atom stereocenters. The number of fused-ring (bicyclic) bond motifs is 2. The summed E-state index contributed by atoms with van der Waals surface area (Å²) in [5, 5.41) is 2.94. The first-order valence-electron chi connectivity index (χ1n) is 7.51. The van der Waals surface area contributed by atoms with Crippen molar-refractivity contribution in [3.8, 4) is 5.75 Å². The van der Waals surface area contributed by atoms with E-state index in [-0.39, 0.29) is 24.3 Å². The monoisotopic (exact) mass is 313 g/mol. The molecule has 2 aliphatic rings. The lowest BCUT2D eigenvalue weighted by molar-refractivity contribution is -0.137. The second kappa shape index (κ2) is 5.82. The molecule has 2 fully saturated rings. The van der Waals surface area contributed by atoms with Gasteiger partial charge in [-0.15, -0.1) is 0 Å². The number of nitrogens with one attached hydrogen (secondary N) is 1. The van der Waals surface area contributed by atoms with Gasteiger partial charge in [-0.1, -0.05) is 12.5 Å². The number of hydrogen-bond donors (Lipinski definition) is 1. The minimum atomic E-state index is -4.41. The van der Waals surface area contributed by atoms with Gasteiger partial charge in [-0.05, 0) is 49.3 Å². The molecule has 1 aromatic carbocycles. The molecule has 0 heterocycles. The maximum absolute atomic E-state index is 12.6. The van der Waals surface area contributed by atoms with Crippen molar-refractivity contribution in [3.05, 3.63) is 29.8 Å². The molecule has 0 spiro atoms. The Morgan fingerprint density at radius 3 is 2.73 bits per heavy atom. The van der Waals surface area contributed by atoms with Gasteiger partial charge >= 0.3 is 6.18 Å². The van der Waals surface area contributed by atoms with Gasteiger partial charge in [0.05, 0.1) is 5.56 Å². The number of rotatable bonds is 4. The molecule has 3 nitrogen and oxygen atoms in total. The van der Waals surface area contributed by atoms with Gasteiger partial charge in [0.2, 0.25) is 0 Å². The summed E-state index contributed by atoms with van der Waals surface area (Å²) in [6, 6.07) is 4.77. The van der Waals surface area contributed by atoms with Gasteiger partial charge in [-0.3, -0.25) is 4.79 Å². The predicted octanol–water partition coefficient (Wildman–Crippen LogP) is 3.39. The van der Waals surface area contributed by atoms with Crippen LogP contribution in [0.4, 0.5) is 13.2 Å². The summed E-state index contributed by atoms with van der Waals surface area (Å²) in [6.45, 7) is -0.255. The van der Waals surface area contributed by atoms with E-state index in [2.05, 4.69) is 5.32 Å². The molecule has 0 aromatic heterocycles. The van der Waals surface area contributed by atoms with E-state index in [9.17, 15) is 18.0 Å². The number of carbonyl (C=O) groups excluding carboxylic acids is 1. The van der Waals surface area contributed by atoms with Crippen molar-refractivity contribution in [2.24, 2.45) is 11.8 Å². The molecule has 120 valence electrons. The number of halogens is 3. The minimum Gasteiger partial charge on any atom is -0.484 e. The highest BCUT2D eigenvalue weighted by Crippen LogP contribution is 2.44. The largest absolute Gasteiger partial charge is 0.484 e. The molecule has 6 heteroatoms. The zero-order chi connectivity index (χ0) is 15.7. The van der Waals surface area contributed by atoms with Gasteiger partial charge < -0.3 is 10.1 Å². The molecule has 2 bridgehead atoms. The maximum atomic E-state index is 12.6. The molecular formula is C16H18F3NO2. The lowest BCUT2D eigenvalue weighted by atomic mass is 9.95. The summed E-state index contributed by atoms with van der Waals surface area (Å²) >= 11 is 0. The van der Waals surface area contributed by atoms with E-state index < -0.39 is 11.7 Å². The third-order valence-corrected chi connectivity index (χ3v) is 4.62. The van der Waals surface area contributed by atoms with Crippen LogP contribution in [0.1, 0.15) is 31.2 Å². The molecule has 2 saturated carbocycles. The van der Waals surface area contributed by atoms with Gasteiger partial charge in [-0.25, -0.2) is 0 Å². The number of alkyl halides is 3. The van der Waals surface area contributed by atoms with Crippen LogP contribution in [0.5, 0.6) is 5.75 Å². The topological polar surface area (TPSA) is 38.3 Å². The smallest absolute Gasteiger partial charge is 0.416 e. The van der Waals surface area contributed by atoms with Crippen molar-refractivity contribution < 1.29 is 22.7 Å². The van der Waals surface area contributed by atoms with Crippen LogP contribution < -0.4 is 10.1 Å². The molecule has 1 N–H and O–H groups in total. The van der Waals surface area contributed by atoms with Crippen molar-refractivity contribution in [2.45, 2.75) is 37.9 Å². The van der Waals surface area contributed by atoms with E-state index in [0.29, 0.717) is 5.92 Å². The first kappa shape index (κ1) is 15.2. The summed E-state index contributed by atoms with van der Waals surface area (Å²) in [7, 11) is 0. The third-order valence-electron chi connectivity index (χ3n) is 4.62. The average Bonchev–Trinajstić information content (AvgIpc) is 3.07. The lowest BCUT2D eigenvalue weighted by Crippen LogP contribution is -2.40. The van der Waals surface area contributed by atoms with Crippen LogP contribution in [0.15, 0.2) is 24.3 Å². The molecule has 0 saturated heterocycles. The van der Waals surface area contributed by atoms with Crippen LogP contribution in [0, 0.1) is 11.8 Å². The fourth-order valence-electron chi connectivity index (χ4n) is 3.58. The zero-order valence-electron chi connectivity index (χ0n) is 12.0. The fraction of sp³-hybridized carbons (Fsp3) is 0.562. The average molecular weight is 313 g/mol. The van der Waals surface area contributed by atoms with Crippen molar-refractivity contribution in [2.75, 3.05) is 6.61 Å². The summed E-state index contributed by atoms with van der Waals surface area (Å²) in [5.74, 6) is 1.06. The van der Waals surface area contributed by atoms with Crippen LogP contribution in [0.2, 0.25) is 0 Å². The molecular weight excluding hydrogens is 295 g/mol. The number of amides is 1. The van der Waals surface area contributed by atoms with Gasteiger partial charge in [-0.2, -0.15) is 13.2 Å². The Bertz CT molecular complexity index is 559. The summed E-state index contributed by atoms with van der Waals surface area (Å²) in [5.41, 5.74) is -0.779. The predicted molar refractivity (Wildman–Crippen MR) is 74.3 cm³/mol. The zero-order valence-corrected chi connectivity index (χ0v) is 12.0. The molecule has 2 aliphatic carbocycles. The van der Waals surface area contributed by atoms with Crippen LogP contribution in [-0.2, 0) is 11.0 Å². The molecule has 22 heavy (non-hydrogen) atoms. The SMILES string of the molecule is O=C(COc1cccc(C(F)(F)F)c1)N[C@H]1C[C@H]2CC[C@H]1C2.